The highest BCUT2D eigenvalue weighted by Gasteiger charge is 2.05. The molecule has 0 bridgehead atoms. The lowest BCUT2D eigenvalue weighted by molar-refractivity contribution is -0.121. The van der Waals surface area contributed by atoms with Gasteiger partial charge in [0, 0.05) is 11.4 Å². The van der Waals surface area contributed by atoms with E-state index in [1.165, 1.54) is 0 Å². The normalized spacial score (nSPS) is 10.1. The van der Waals surface area contributed by atoms with Gasteiger partial charge in [0.2, 0.25) is 0 Å². The molecule has 0 aromatic heterocycles. The Morgan fingerprint density at radius 2 is 2.27 bits per heavy atom. The predicted octanol–water partition coefficient (Wildman–Crippen LogP) is 3.85. The van der Waals surface area contributed by atoms with Crippen LogP contribution < -0.4 is 4.74 Å². The van der Waals surface area contributed by atoms with Crippen LogP contribution in [0.3, 0.4) is 0 Å². The number of hydrogen-bond donors (Lipinski definition) is 0. The van der Waals surface area contributed by atoms with Crippen molar-refractivity contribution >= 4 is 33.3 Å². The molecule has 0 aliphatic carbocycles. The lowest BCUT2D eigenvalue weighted by Gasteiger charge is -2.07. The average Bonchev–Trinajstić information content (AvgIpc) is 2.17. The first-order valence-corrected chi connectivity index (χ1v) is 5.90. The summed E-state index contributed by atoms with van der Waals surface area (Å²) in [5.41, 5.74) is 0. The number of rotatable bonds is 5. The summed E-state index contributed by atoms with van der Waals surface area (Å²) in [5, 5.41) is 0.633. The highest BCUT2D eigenvalue weighted by Crippen LogP contribution is 2.27. The van der Waals surface area contributed by atoms with E-state index in [1.54, 1.807) is 18.2 Å². The van der Waals surface area contributed by atoms with Crippen molar-refractivity contribution in [3.8, 4) is 5.75 Å². The van der Waals surface area contributed by atoms with E-state index in [0.717, 1.165) is 10.9 Å². The molecule has 0 aliphatic rings. The number of ketones is 1. The number of Topliss-reactive ketones (excluding diaryl/α,β-unsaturated/α-hetero) is 1. The summed E-state index contributed by atoms with van der Waals surface area (Å²) in [6, 6.07) is 5.21. The molecule has 0 spiro atoms. The summed E-state index contributed by atoms with van der Waals surface area (Å²) in [6.45, 7) is 2.09. The molecule has 2 nitrogen and oxygen atoms in total. The van der Waals surface area contributed by atoms with Crippen LogP contribution in [0.1, 0.15) is 19.8 Å². The first-order valence-electron chi connectivity index (χ1n) is 4.73. The van der Waals surface area contributed by atoms with Gasteiger partial charge in [-0.05, 0) is 40.5 Å². The van der Waals surface area contributed by atoms with Gasteiger partial charge in [-0.2, -0.15) is 0 Å². The van der Waals surface area contributed by atoms with Crippen LogP contribution in [0, 0.1) is 0 Å². The molecule has 0 saturated carbocycles. The van der Waals surface area contributed by atoms with Crippen LogP contribution in [-0.2, 0) is 4.79 Å². The van der Waals surface area contributed by atoms with Crippen LogP contribution in [0.5, 0.6) is 5.75 Å². The molecule has 1 aromatic rings. The second-order valence-corrected chi connectivity index (χ2v) is 4.44. The molecule has 0 amide bonds. The monoisotopic (exact) mass is 290 g/mol. The minimum atomic E-state index is 0.111. The van der Waals surface area contributed by atoms with Gasteiger partial charge < -0.3 is 4.74 Å². The highest BCUT2D eigenvalue weighted by atomic mass is 79.9. The molecule has 0 atom stereocenters. The summed E-state index contributed by atoms with van der Waals surface area (Å²) in [5.74, 6) is 0.753. The van der Waals surface area contributed by atoms with Crippen molar-refractivity contribution in [3.63, 3.8) is 0 Å². The second kappa shape index (κ2) is 6.13. The van der Waals surface area contributed by atoms with Crippen molar-refractivity contribution < 1.29 is 9.53 Å². The summed E-state index contributed by atoms with van der Waals surface area (Å²) in [6.07, 6.45) is 1.41. The zero-order chi connectivity index (χ0) is 11.3. The van der Waals surface area contributed by atoms with Gasteiger partial charge in [-0.15, -0.1) is 0 Å². The standard InChI is InChI=1S/C11H12BrClO2/c1-2-3-9(14)7-15-11-5-4-8(13)6-10(11)12/h4-6H,2-3,7H2,1H3. The minimum Gasteiger partial charge on any atom is -0.485 e. The van der Waals surface area contributed by atoms with Crippen LogP contribution in [0.25, 0.3) is 0 Å². The Bertz CT molecular complexity index is 352. The van der Waals surface area contributed by atoms with E-state index >= 15 is 0 Å². The van der Waals surface area contributed by atoms with Crippen LogP contribution in [0.4, 0.5) is 0 Å². The summed E-state index contributed by atoms with van der Waals surface area (Å²) in [7, 11) is 0. The molecule has 0 saturated heterocycles. The van der Waals surface area contributed by atoms with E-state index in [1.807, 2.05) is 6.92 Å². The quantitative estimate of drug-likeness (QED) is 0.823. The van der Waals surface area contributed by atoms with E-state index in [2.05, 4.69) is 15.9 Å². The molecule has 0 N–H and O–H groups in total. The number of hydrogen-bond acceptors (Lipinski definition) is 2. The lowest BCUT2D eigenvalue weighted by atomic mass is 10.2. The smallest absolute Gasteiger partial charge is 0.170 e. The zero-order valence-corrected chi connectivity index (χ0v) is 10.8. The third kappa shape index (κ3) is 4.22. The maximum absolute atomic E-state index is 11.2. The van der Waals surface area contributed by atoms with Gasteiger partial charge in [-0.3, -0.25) is 4.79 Å². The van der Waals surface area contributed by atoms with E-state index < -0.39 is 0 Å². The largest absolute Gasteiger partial charge is 0.485 e. The fourth-order valence-electron chi connectivity index (χ4n) is 1.10. The Kier molecular flexibility index (Phi) is 5.12. The number of carbonyl (C=O) groups is 1. The van der Waals surface area contributed by atoms with Gasteiger partial charge in [-0.1, -0.05) is 18.5 Å². The number of carbonyl (C=O) groups excluding carboxylic acids is 1. The third-order valence-corrected chi connectivity index (χ3v) is 2.67. The van der Waals surface area contributed by atoms with Crippen LogP contribution in [0.15, 0.2) is 22.7 Å². The van der Waals surface area contributed by atoms with E-state index in [9.17, 15) is 4.79 Å². The van der Waals surface area contributed by atoms with Gasteiger partial charge in [0.25, 0.3) is 0 Å². The molecular weight excluding hydrogens is 279 g/mol. The molecule has 0 radical (unpaired) electrons. The number of benzene rings is 1. The van der Waals surface area contributed by atoms with Crippen molar-refractivity contribution in [3.05, 3.63) is 27.7 Å². The molecule has 4 heteroatoms. The first-order chi connectivity index (χ1) is 7.13. The topological polar surface area (TPSA) is 26.3 Å². The molecule has 0 heterocycles. The van der Waals surface area contributed by atoms with Crippen molar-refractivity contribution in [2.45, 2.75) is 19.8 Å². The molecule has 15 heavy (non-hydrogen) atoms. The predicted molar refractivity (Wildman–Crippen MR) is 64.6 cm³/mol. The summed E-state index contributed by atoms with van der Waals surface area (Å²) >= 11 is 9.09. The van der Waals surface area contributed by atoms with Gasteiger partial charge in [0.1, 0.15) is 12.4 Å². The van der Waals surface area contributed by atoms with Gasteiger partial charge in [0.05, 0.1) is 4.47 Å². The first kappa shape index (κ1) is 12.5. The lowest BCUT2D eigenvalue weighted by Crippen LogP contribution is -2.10. The SMILES string of the molecule is CCCC(=O)COc1ccc(Cl)cc1Br. The van der Waals surface area contributed by atoms with Crippen LogP contribution >= 0.6 is 27.5 Å². The van der Waals surface area contributed by atoms with Crippen molar-refractivity contribution in [2.75, 3.05) is 6.61 Å². The molecule has 1 rings (SSSR count). The maximum Gasteiger partial charge on any atom is 0.170 e. The number of ether oxygens (including phenoxy) is 1. The second-order valence-electron chi connectivity index (χ2n) is 3.15. The maximum atomic E-state index is 11.2. The molecule has 0 unspecified atom stereocenters. The van der Waals surface area contributed by atoms with Gasteiger partial charge in [0.15, 0.2) is 5.78 Å². The van der Waals surface area contributed by atoms with Crippen molar-refractivity contribution in [1.82, 2.24) is 0 Å². The molecule has 82 valence electrons. The molecule has 0 fully saturated rings. The Balaban J connectivity index is 2.54. The zero-order valence-electron chi connectivity index (χ0n) is 8.43. The Labute approximate surface area is 103 Å². The Morgan fingerprint density at radius 1 is 1.53 bits per heavy atom. The van der Waals surface area contributed by atoms with Gasteiger partial charge in [-0.25, -0.2) is 0 Å². The Morgan fingerprint density at radius 3 is 2.87 bits per heavy atom. The number of halogens is 2. The fraction of sp³-hybridized carbons (Fsp3) is 0.364. The average molecular weight is 292 g/mol. The molecule has 0 aliphatic heterocycles. The van der Waals surface area contributed by atoms with Crippen LogP contribution in [-0.4, -0.2) is 12.4 Å². The van der Waals surface area contributed by atoms with Crippen molar-refractivity contribution in [2.24, 2.45) is 0 Å². The third-order valence-electron chi connectivity index (χ3n) is 1.81. The minimum absolute atomic E-state index is 0.111. The van der Waals surface area contributed by atoms with E-state index in [-0.39, 0.29) is 12.4 Å². The highest BCUT2D eigenvalue weighted by molar-refractivity contribution is 9.10. The van der Waals surface area contributed by atoms with E-state index in [4.69, 9.17) is 16.3 Å². The molecular formula is C11H12BrClO2. The summed E-state index contributed by atoms with van der Waals surface area (Å²) < 4.78 is 6.11. The van der Waals surface area contributed by atoms with E-state index in [0.29, 0.717) is 17.2 Å². The Hall–Kier alpha value is -0.540. The van der Waals surface area contributed by atoms with Crippen LogP contribution in [0.2, 0.25) is 5.02 Å². The van der Waals surface area contributed by atoms with Crippen molar-refractivity contribution in [1.29, 1.82) is 0 Å². The summed E-state index contributed by atoms with van der Waals surface area (Å²) in [4.78, 5) is 11.2. The van der Waals surface area contributed by atoms with Gasteiger partial charge >= 0.3 is 0 Å². The fourth-order valence-corrected chi connectivity index (χ4v) is 1.90. The molecule has 1 aromatic carbocycles.